The summed E-state index contributed by atoms with van der Waals surface area (Å²) in [4.78, 5) is 4.71. The van der Waals surface area contributed by atoms with Gasteiger partial charge in [-0.1, -0.05) is 0 Å². The number of rotatable bonds is 4. The number of hydrogen-bond acceptors (Lipinski definition) is 3. The molecule has 0 bridgehead atoms. The summed E-state index contributed by atoms with van der Waals surface area (Å²) >= 11 is 0. The number of nitrogens with zero attached hydrogens (tertiary/aromatic N) is 3. The Labute approximate surface area is 123 Å². The van der Waals surface area contributed by atoms with Crippen LogP contribution in [-0.2, 0) is 12.8 Å². The predicted molar refractivity (Wildman–Crippen MR) is 80.9 cm³/mol. The number of imidazole rings is 1. The van der Waals surface area contributed by atoms with E-state index in [2.05, 4.69) is 24.5 Å². The Kier molecular flexibility index (Phi) is 3.49. The molecular weight excluding hydrogens is 262 g/mol. The molecule has 4 nitrogen and oxygen atoms in total. The summed E-state index contributed by atoms with van der Waals surface area (Å²) in [7, 11) is 0. The van der Waals surface area contributed by atoms with Crippen molar-refractivity contribution in [3.8, 4) is 6.07 Å². The van der Waals surface area contributed by atoms with Crippen LogP contribution in [0.15, 0.2) is 41.0 Å². The second-order valence-corrected chi connectivity index (χ2v) is 5.39. The van der Waals surface area contributed by atoms with Crippen LogP contribution in [0.5, 0.6) is 0 Å². The average Bonchev–Trinajstić information content (AvgIpc) is 3.10. The third-order valence-corrected chi connectivity index (χ3v) is 3.58. The van der Waals surface area contributed by atoms with E-state index in [1.54, 1.807) is 6.26 Å². The second-order valence-electron chi connectivity index (χ2n) is 5.39. The Bertz CT molecular complexity index is 791. The molecule has 0 N–H and O–H groups in total. The van der Waals surface area contributed by atoms with E-state index in [1.807, 2.05) is 30.3 Å². The highest BCUT2D eigenvalue weighted by atomic mass is 16.3. The van der Waals surface area contributed by atoms with Crippen molar-refractivity contribution in [2.75, 3.05) is 0 Å². The van der Waals surface area contributed by atoms with Crippen molar-refractivity contribution in [1.82, 2.24) is 9.55 Å². The molecule has 0 radical (unpaired) electrons. The number of aromatic nitrogens is 2. The van der Waals surface area contributed by atoms with Gasteiger partial charge in [0.1, 0.15) is 11.6 Å². The van der Waals surface area contributed by atoms with Gasteiger partial charge >= 0.3 is 0 Å². The van der Waals surface area contributed by atoms with E-state index in [4.69, 9.17) is 14.7 Å². The predicted octanol–water partition coefficient (Wildman–Crippen LogP) is 3.87. The molecular formula is C17H17N3O. The smallest absolute Gasteiger partial charge is 0.110 e. The summed E-state index contributed by atoms with van der Waals surface area (Å²) < 4.78 is 7.62. The highest BCUT2D eigenvalue weighted by Crippen LogP contribution is 2.23. The van der Waals surface area contributed by atoms with Crippen LogP contribution in [0, 0.1) is 11.3 Å². The standard InChI is InChI=1S/C17H17N3O/c1-12(2)20-16-7-5-13(11-18)10-15(16)19-17(20)8-6-14-4-3-9-21-14/h3-5,7,9-10,12H,6,8H2,1-2H3. The summed E-state index contributed by atoms with van der Waals surface area (Å²) in [6.45, 7) is 4.30. The Hall–Kier alpha value is -2.54. The lowest BCUT2D eigenvalue weighted by atomic mass is 10.2. The molecule has 0 aliphatic carbocycles. The van der Waals surface area contributed by atoms with Gasteiger partial charge in [-0.2, -0.15) is 5.26 Å². The minimum Gasteiger partial charge on any atom is -0.469 e. The zero-order valence-corrected chi connectivity index (χ0v) is 12.2. The number of aryl methyl sites for hydroxylation is 2. The number of hydrogen-bond donors (Lipinski definition) is 0. The van der Waals surface area contributed by atoms with Crippen LogP contribution in [0.25, 0.3) is 11.0 Å². The number of furan rings is 1. The molecule has 0 unspecified atom stereocenters. The Morgan fingerprint density at radius 2 is 2.14 bits per heavy atom. The maximum Gasteiger partial charge on any atom is 0.110 e. The molecule has 106 valence electrons. The van der Waals surface area contributed by atoms with Crippen molar-refractivity contribution in [2.24, 2.45) is 0 Å². The second kappa shape index (κ2) is 5.45. The molecule has 1 aromatic carbocycles. The molecule has 0 atom stereocenters. The van der Waals surface area contributed by atoms with Gasteiger partial charge in [-0.15, -0.1) is 0 Å². The van der Waals surface area contributed by atoms with Crippen molar-refractivity contribution >= 4 is 11.0 Å². The highest BCUT2D eigenvalue weighted by molar-refractivity contribution is 5.78. The Morgan fingerprint density at radius 1 is 1.29 bits per heavy atom. The quantitative estimate of drug-likeness (QED) is 0.728. The molecule has 0 aliphatic heterocycles. The average molecular weight is 279 g/mol. The zero-order valence-electron chi connectivity index (χ0n) is 12.2. The van der Waals surface area contributed by atoms with E-state index in [0.717, 1.165) is 35.5 Å². The lowest BCUT2D eigenvalue weighted by Gasteiger charge is -2.12. The summed E-state index contributed by atoms with van der Waals surface area (Å²) in [5.74, 6) is 2.00. The van der Waals surface area contributed by atoms with Gasteiger partial charge in [0.15, 0.2) is 0 Å². The summed E-state index contributed by atoms with van der Waals surface area (Å²) in [5, 5.41) is 9.01. The fourth-order valence-electron chi connectivity index (χ4n) is 2.66. The van der Waals surface area contributed by atoms with Gasteiger partial charge in [-0.25, -0.2) is 4.98 Å². The van der Waals surface area contributed by atoms with Crippen molar-refractivity contribution in [2.45, 2.75) is 32.7 Å². The Morgan fingerprint density at radius 3 is 2.81 bits per heavy atom. The molecule has 2 aromatic heterocycles. The van der Waals surface area contributed by atoms with Crippen molar-refractivity contribution in [3.63, 3.8) is 0 Å². The summed E-state index contributed by atoms with van der Waals surface area (Å²) in [6, 6.07) is 12.1. The molecule has 0 saturated heterocycles. The number of benzene rings is 1. The molecule has 3 rings (SSSR count). The largest absolute Gasteiger partial charge is 0.469 e. The van der Waals surface area contributed by atoms with Gasteiger partial charge in [-0.05, 0) is 44.2 Å². The van der Waals surface area contributed by atoms with Gasteiger partial charge in [0.25, 0.3) is 0 Å². The molecule has 0 amide bonds. The first-order valence-corrected chi connectivity index (χ1v) is 7.12. The molecule has 0 spiro atoms. The van der Waals surface area contributed by atoms with E-state index in [1.165, 1.54) is 0 Å². The van der Waals surface area contributed by atoms with Gasteiger partial charge in [0.2, 0.25) is 0 Å². The molecule has 0 saturated carbocycles. The lowest BCUT2D eigenvalue weighted by molar-refractivity contribution is 0.499. The molecule has 0 fully saturated rings. The first-order chi connectivity index (χ1) is 10.2. The molecule has 2 heterocycles. The monoisotopic (exact) mass is 279 g/mol. The van der Waals surface area contributed by atoms with Gasteiger partial charge in [0.05, 0.1) is 28.9 Å². The fraction of sp³-hybridized carbons (Fsp3) is 0.294. The molecule has 0 aliphatic rings. The van der Waals surface area contributed by atoms with E-state index >= 15 is 0 Å². The minimum absolute atomic E-state index is 0.328. The van der Waals surface area contributed by atoms with Crippen LogP contribution in [0.1, 0.15) is 37.0 Å². The lowest BCUT2D eigenvalue weighted by Crippen LogP contribution is -2.07. The van der Waals surface area contributed by atoms with Crippen molar-refractivity contribution in [3.05, 3.63) is 53.7 Å². The van der Waals surface area contributed by atoms with Crippen molar-refractivity contribution in [1.29, 1.82) is 5.26 Å². The molecule has 21 heavy (non-hydrogen) atoms. The number of fused-ring (bicyclic) bond motifs is 1. The zero-order chi connectivity index (χ0) is 14.8. The van der Waals surface area contributed by atoms with Gasteiger partial charge < -0.3 is 8.98 Å². The SMILES string of the molecule is CC(C)n1c(CCc2ccco2)nc2cc(C#N)ccc21. The Balaban J connectivity index is 2.00. The normalized spacial score (nSPS) is 11.1. The van der Waals surface area contributed by atoms with E-state index in [0.29, 0.717) is 11.6 Å². The number of nitriles is 1. The third-order valence-electron chi connectivity index (χ3n) is 3.58. The van der Waals surface area contributed by atoms with E-state index in [-0.39, 0.29) is 0 Å². The van der Waals surface area contributed by atoms with E-state index < -0.39 is 0 Å². The first kappa shape index (κ1) is 13.4. The maximum atomic E-state index is 9.01. The first-order valence-electron chi connectivity index (χ1n) is 7.12. The summed E-state index contributed by atoms with van der Waals surface area (Å²) in [5.41, 5.74) is 2.61. The summed E-state index contributed by atoms with van der Waals surface area (Å²) in [6.07, 6.45) is 3.34. The van der Waals surface area contributed by atoms with E-state index in [9.17, 15) is 0 Å². The third kappa shape index (κ3) is 2.55. The van der Waals surface area contributed by atoms with Crippen LogP contribution in [0.2, 0.25) is 0 Å². The van der Waals surface area contributed by atoms with Crippen molar-refractivity contribution < 1.29 is 4.42 Å². The minimum atomic E-state index is 0.328. The fourth-order valence-corrected chi connectivity index (χ4v) is 2.66. The highest BCUT2D eigenvalue weighted by Gasteiger charge is 2.14. The molecule has 4 heteroatoms. The van der Waals surface area contributed by atoms with Crippen LogP contribution in [-0.4, -0.2) is 9.55 Å². The van der Waals surface area contributed by atoms with Gasteiger partial charge in [0, 0.05) is 18.9 Å². The molecule has 3 aromatic rings. The van der Waals surface area contributed by atoms with Crippen LogP contribution in [0.3, 0.4) is 0 Å². The van der Waals surface area contributed by atoms with Crippen LogP contribution < -0.4 is 0 Å². The van der Waals surface area contributed by atoms with Crippen LogP contribution in [0.4, 0.5) is 0 Å². The van der Waals surface area contributed by atoms with Gasteiger partial charge in [-0.3, -0.25) is 0 Å². The maximum absolute atomic E-state index is 9.01. The van der Waals surface area contributed by atoms with Crippen LogP contribution >= 0.6 is 0 Å². The topological polar surface area (TPSA) is 54.8 Å².